The summed E-state index contributed by atoms with van der Waals surface area (Å²) in [6, 6.07) is 11.1. The van der Waals surface area contributed by atoms with E-state index < -0.39 is 25.9 Å². The topological polar surface area (TPSA) is 80.3 Å². The lowest BCUT2D eigenvalue weighted by Gasteiger charge is -2.20. The van der Waals surface area contributed by atoms with Crippen LogP contribution in [0, 0.1) is 0 Å². The molecule has 2 aromatic carbocycles. The normalized spacial score (nSPS) is 16.1. The van der Waals surface area contributed by atoms with Crippen molar-refractivity contribution in [3.05, 3.63) is 59.2 Å². The Kier molecular flexibility index (Phi) is 5.23. The number of benzene rings is 2. The fourth-order valence-electron chi connectivity index (χ4n) is 3.26. The van der Waals surface area contributed by atoms with Gasteiger partial charge in [-0.3, -0.25) is 0 Å². The Balaban J connectivity index is 1.85. The maximum absolute atomic E-state index is 12.7. The highest BCUT2D eigenvalue weighted by Gasteiger charge is 2.21. The summed E-state index contributed by atoms with van der Waals surface area (Å²) in [4.78, 5) is -0.0629. The first-order chi connectivity index (χ1) is 12.2. The van der Waals surface area contributed by atoms with Crippen molar-refractivity contribution in [3.63, 3.8) is 0 Å². The Bertz CT molecular complexity index is 1030. The zero-order chi connectivity index (χ0) is 18.9. The number of sulfonamides is 1. The number of nitrogens with one attached hydrogen (secondary N) is 1. The smallest absolute Gasteiger partial charge is 0.224 e. The quantitative estimate of drug-likeness (QED) is 0.847. The summed E-state index contributed by atoms with van der Waals surface area (Å²) >= 11 is 0. The molecule has 7 heteroatoms. The lowest BCUT2D eigenvalue weighted by Crippen LogP contribution is -2.27. The van der Waals surface area contributed by atoms with Crippen molar-refractivity contribution in [3.8, 4) is 0 Å². The molecule has 0 amide bonds. The summed E-state index contributed by atoms with van der Waals surface area (Å²) < 4.78 is 51.4. The number of hydrogen-bond donors (Lipinski definition) is 1. The van der Waals surface area contributed by atoms with E-state index in [0.29, 0.717) is 0 Å². The van der Waals surface area contributed by atoms with Crippen LogP contribution in [0.3, 0.4) is 0 Å². The van der Waals surface area contributed by atoms with Crippen LogP contribution >= 0.6 is 0 Å². The molecule has 26 heavy (non-hydrogen) atoms. The highest BCUT2D eigenvalue weighted by atomic mass is 32.2. The maximum atomic E-state index is 12.7. The van der Waals surface area contributed by atoms with Gasteiger partial charge in [-0.2, -0.15) is 0 Å². The molecule has 2 aromatic rings. The van der Waals surface area contributed by atoms with E-state index in [-0.39, 0.29) is 9.79 Å². The van der Waals surface area contributed by atoms with Gasteiger partial charge in [-0.25, -0.2) is 21.6 Å². The minimum Gasteiger partial charge on any atom is -0.224 e. The summed E-state index contributed by atoms with van der Waals surface area (Å²) in [7, 11) is -7.29. The van der Waals surface area contributed by atoms with Crippen LogP contribution in [0.1, 0.15) is 42.5 Å². The number of sulfone groups is 1. The van der Waals surface area contributed by atoms with Gasteiger partial charge in [0.2, 0.25) is 10.0 Å². The number of fused-ring (bicyclic) bond motifs is 1. The minimum atomic E-state index is -3.83. The third kappa shape index (κ3) is 4.16. The van der Waals surface area contributed by atoms with E-state index in [1.54, 1.807) is 6.92 Å². The monoisotopic (exact) mass is 393 g/mol. The molecule has 0 fully saturated rings. The second-order valence-corrected chi connectivity index (χ2v) is 10.6. The molecule has 5 nitrogen and oxygen atoms in total. The first-order valence-electron chi connectivity index (χ1n) is 8.61. The maximum Gasteiger partial charge on any atom is 0.241 e. The molecule has 1 atom stereocenters. The SMILES string of the molecule is CC(NS(=O)(=O)c1cccc(S(C)(=O)=O)c1)c1ccc2c(c1)CCCC2. The van der Waals surface area contributed by atoms with Gasteiger partial charge in [-0.05, 0) is 67.5 Å². The predicted octanol–water partition coefficient (Wildman–Crippen LogP) is 3.01. The van der Waals surface area contributed by atoms with E-state index in [2.05, 4.69) is 16.9 Å². The lowest BCUT2D eigenvalue weighted by molar-refractivity contribution is 0.566. The van der Waals surface area contributed by atoms with Crippen molar-refractivity contribution >= 4 is 19.9 Å². The van der Waals surface area contributed by atoms with Gasteiger partial charge >= 0.3 is 0 Å². The Hall–Kier alpha value is -1.70. The van der Waals surface area contributed by atoms with Gasteiger partial charge in [0.15, 0.2) is 9.84 Å². The fourth-order valence-corrected chi connectivity index (χ4v) is 5.28. The molecular formula is C19H23NO4S2. The Morgan fingerprint density at radius 1 is 0.885 bits per heavy atom. The first-order valence-corrected chi connectivity index (χ1v) is 12.0. The molecule has 0 saturated carbocycles. The van der Waals surface area contributed by atoms with E-state index in [0.717, 1.165) is 31.1 Å². The molecule has 140 valence electrons. The third-order valence-electron chi connectivity index (χ3n) is 4.75. The van der Waals surface area contributed by atoms with Crippen molar-refractivity contribution in [1.82, 2.24) is 4.72 Å². The second kappa shape index (κ2) is 7.13. The molecule has 0 heterocycles. The second-order valence-electron chi connectivity index (χ2n) is 6.83. The minimum absolute atomic E-state index is 0.0122. The predicted molar refractivity (Wildman–Crippen MR) is 101 cm³/mol. The number of aryl methyl sites for hydroxylation is 2. The summed E-state index contributed by atoms with van der Waals surface area (Å²) in [6.45, 7) is 1.79. The molecule has 0 radical (unpaired) electrons. The summed E-state index contributed by atoms with van der Waals surface area (Å²) in [5.41, 5.74) is 3.54. The van der Waals surface area contributed by atoms with Crippen LogP contribution in [0.25, 0.3) is 0 Å². The summed E-state index contributed by atoms with van der Waals surface area (Å²) in [5.74, 6) is 0. The Labute approximate surface area is 155 Å². The molecule has 0 spiro atoms. The van der Waals surface area contributed by atoms with E-state index in [1.807, 2.05) is 6.07 Å². The van der Waals surface area contributed by atoms with Gasteiger partial charge in [-0.1, -0.05) is 24.3 Å². The van der Waals surface area contributed by atoms with Gasteiger partial charge < -0.3 is 0 Å². The molecule has 1 N–H and O–H groups in total. The molecule has 0 aliphatic heterocycles. The molecular weight excluding hydrogens is 370 g/mol. The summed E-state index contributed by atoms with van der Waals surface area (Å²) in [5, 5.41) is 0. The molecule has 3 rings (SSSR count). The van der Waals surface area contributed by atoms with Gasteiger partial charge in [0, 0.05) is 12.3 Å². The van der Waals surface area contributed by atoms with Crippen molar-refractivity contribution in [1.29, 1.82) is 0 Å². The van der Waals surface area contributed by atoms with E-state index in [4.69, 9.17) is 0 Å². The van der Waals surface area contributed by atoms with E-state index >= 15 is 0 Å². The van der Waals surface area contributed by atoms with Crippen LogP contribution in [-0.2, 0) is 32.7 Å². The van der Waals surface area contributed by atoms with Crippen molar-refractivity contribution in [2.45, 2.75) is 48.4 Å². The Morgan fingerprint density at radius 3 is 2.23 bits per heavy atom. The van der Waals surface area contributed by atoms with Crippen LogP contribution in [0.4, 0.5) is 0 Å². The van der Waals surface area contributed by atoms with Crippen molar-refractivity contribution in [2.24, 2.45) is 0 Å². The zero-order valence-corrected chi connectivity index (χ0v) is 16.5. The zero-order valence-electron chi connectivity index (χ0n) is 14.9. The standard InChI is InChI=1S/C19H23NO4S2/c1-14(16-11-10-15-6-3-4-7-17(15)12-16)20-26(23,24)19-9-5-8-18(13-19)25(2,21)22/h5,8-14,20H,3-4,6-7H2,1-2H3. The molecule has 1 aliphatic carbocycles. The molecule has 0 aromatic heterocycles. The van der Waals surface area contributed by atoms with Crippen LogP contribution in [-0.4, -0.2) is 23.1 Å². The average molecular weight is 394 g/mol. The molecule has 1 aliphatic rings. The van der Waals surface area contributed by atoms with E-state index in [9.17, 15) is 16.8 Å². The third-order valence-corrected chi connectivity index (χ3v) is 7.40. The van der Waals surface area contributed by atoms with E-state index in [1.165, 1.54) is 41.8 Å². The first kappa shape index (κ1) is 19.1. The highest BCUT2D eigenvalue weighted by Crippen LogP contribution is 2.26. The van der Waals surface area contributed by atoms with Crippen molar-refractivity contribution in [2.75, 3.05) is 6.26 Å². The molecule has 0 saturated heterocycles. The van der Waals surface area contributed by atoms with Crippen LogP contribution in [0.15, 0.2) is 52.3 Å². The molecule has 0 bridgehead atoms. The fraction of sp³-hybridized carbons (Fsp3) is 0.368. The number of rotatable bonds is 5. The number of hydrogen-bond acceptors (Lipinski definition) is 4. The van der Waals surface area contributed by atoms with Gasteiger partial charge in [0.05, 0.1) is 9.79 Å². The average Bonchev–Trinajstić information content (AvgIpc) is 2.60. The summed E-state index contributed by atoms with van der Waals surface area (Å²) in [6.07, 6.45) is 5.52. The largest absolute Gasteiger partial charge is 0.241 e. The highest BCUT2D eigenvalue weighted by molar-refractivity contribution is 7.91. The Morgan fingerprint density at radius 2 is 1.54 bits per heavy atom. The molecule has 1 unspecified atom stereocenters. The lowest BCUT2D eigenvalue weighted by atomic mass is 9.89. The van der Waals surface area contributed by atoms with Gasteiger partial charge in [0.25, 0.3) is 0 Å². The van der Waals surface area contributed by atoms with Crippen molar-refractivity contribution < 1.29 is 16.8 Å². The van der Waals surface area contributed by atoms with Crippen LogP contribution < -0.4 is 4.72 Å². The van der Waals surface area contributed by atoms with Gasteiger partial charge in [-0.15, -0.1) is 0 Å². The van der Waals surface area contributed by atoms with Crippen LogP contribution in [0.5, 0.6) is 0 Å². The van der Waals surface area contributed by atoms with Crippen LogP contribution in [0.2, 0.25) is 0 Å². The van der Waals surface area contributed by atoms with Gasteiger partial charge in [0.1, 0.15) is 0 Å².